The molecule has 0 fully saturated rings. The van der Waals surface area contributed by atoms with Crippen LogP contribution in [0.15, 0.2) is 57.6 Å². The van der Waals surface area contributed by atoms with Gasteiger partial charge in [0.15, 0.2) is 0 Å². The van der Waals surface area contributed by atoms with Crippen LogP contribution in [-0.2, 0) is 16.6 Å². The van der Waals surface area contributed by atoms with E-state index >= 15 is 0 Å². The van der Waals surface area contributed by atoms with Crippen molar-refractivity contribution in [1.82, 2.24) is 0 Å². The lowest BCUT2D eigenvalue weighted by Gasteiger charge is -2.08. The molecule has 2 aromatic carbocycles. The van der Waals surface area contributed by atoms with E-state index < -0.39 is 10.8 Å². The first-order chi connectivity index (χ1) is 11.2. The molecular formula is C14H9N7OS. The fourth-order valence-electron chi connectivity index (χ4n) is 1.92. The van der Waals surface area contributed by atoms with E-state index in [1.165, 1.54) is 12.1 Å². The zero-order valence-corrected chi connectivity index (χ0v) is 12.5. The first-order valence-corrected chi connectivity index (χ1v) is 7.62. The summed E-state index contributed by atoms with van der Waals surface area (Å²) in [5.74, 6) is 0.185. The van der Waals surface area contributed by atoms with Crippen molar-refractivity contribution in [1.29, 1.82) is 5.26 Å². The van der Waals surface area contributed by atoms with E-state index in [1.807, 2.05) is 36.4 Å². The highest BCUT2D eigenvalue weighted by Crippen LogP contribution is 2.32. The lowest BCUT2D eigenvalue weighted by atomic mass is 10.2. The first-order valence-electron chi connectivity index (χ1n) is 6.30. The highest BCUT2D eigenvalue weighted by molar-refractivity contribution is 7.84. The molecule has 0 N–H and O–H groups in total. The van der Waals surface area contributed by atoms with E-state index in [2.05, 4.69) is 20.1 Å². The minimum Gasteiger partial charge on any atom is -0.254 e. The largest absolute Gasteiger partial charge is 0.254 e. The standard InChI is InChI=1S/C14H9N7OS/c15-8-12-13(19-21-17)6-11(18-20-16)7-14(12)23(22)9-10-4-2-1-3-5-10/h1-7H,9H2/t23-/m0/s1. The molecule has 0 bridgehead atoms. The molecule has 8 nitrogen and oxygen atoms in total. The van der Waals surface area contributed by atoms with Gasteiger partial charge in [0, 0.05) is 15.5 Å². The predicted octanol–water partition coefficient (Wildman–Crippen LogP) is 4.75. The van der Waals surface area contributed by atoms with Crippen molar-refractivity contribution in [2.75, 3.05) is 0 Å². The number of azide groups is 2. The van der Waals surface area contributed by atoms with Crippen molar-refractivity contribution in [2.24, 2.45) is 10.2 Å². The zero-order valence-electron chi connectivity index (χ0n) is 11.7. The maximum Gasteiger partial charge on any atom is 0.101 e. The maximum absolute atomic E-state index is 12.6. The smallest absolute Gasteiger partial charge is 0.101 e. The first kappa shape index (κ1) is 16.1. The van der Waals surface area contributed by atoms with Crippen LogP contribution in [0.3, 0.4) is 0 Å². The molecule has 0 spiro atoms. The van der Waals surface area contributed by atoms with E-state index in [9.17, 15) is 9.47 Å². The number of rotatable bonds is 5. The monoisotopic (exact) mass is 323 g/mol. The number of benzene rings is 2. The van der Waals surface area contributed by atoms with E-state index in [0.29, 0.717) is 0 Å². The second-order valence-electron chi connectivity index (χ2n) is 4.30. The highest BCUT2D eigenvalue weighted by atomic mass is 32.2. The van der Waals surface area contributed by atoms with Gasteiger partial charge in [-0.3, -0.25) is 4.21 Å². The predicted molar refractivity (Wildman–Crippen MR) is 85.3 cm³/mol. The molecule has 2 rings (SSSR count). The Balaban J connectivity index is 2.55. The Morgan fingerprint density at radius 3 is 2.43 bits per heavy atom. The zero-order chi connectivity index (χ0) is 16.7. The van der Waals surface area contributed by atoms with Gasteiger partial charge in [-0.05, 0) is 28.8 Å². The van der Waals surface area contributed by atoms with Crippen LogP contribution in [0.25, 0.3) is 20.9 Å². The van der Waals surface area contributed by atoms with Crippen LogP contribution in [0.4, 0.5) is 11.4 Å². The molecule has 0 unspecified atom stereocenters. The molecule has 0 aromatic heterocycles. The summed E-state index contributed by atoms with van der Waals surface area (Å²) in [7, 11) is -1.56. The number of hydrogen-bond donors (Lipinski definition) is 0. The number of nitriles is 1. The van der Waals surface area contributed by atoms with Crippen molar-refractivity contribution in [3.63, 3.8) is 0 Å². The van der Waals surface area contributed by atoms with Crippen LogP contribution in [0.1, 0.15) is 11.1 Å². The normalized spacial score (nSPS) is 10.7. The van der Waals surface area contributed by atoms with E-state index in [-0.39, 0.29) is 27.6 Å². The summed E-state index contributed by atoms with van der Waals surface area (Å²) in [5.41, 5.74) is 18.1. The van der Waals surface area contributed by atoms with Gasteiger partial charge in [-0.1, -0.05) is 40.6 Å². The summed E-state index contributed by atoms with van der Waals surface area (Å²) in [6.07, 6.45) is 0. The summed E-state index contributed by atoms with van der Waals surface area (Å²) in [6, 6.07) is 13.7. The van der Waals surface area contributed by atoms with Crippen molar-refractivity contribution in [2.45, 2.75) is 10.6 Å². The second-order valence-corrected chi connectivity index (χ2v) is 5.72. The quantitative estimate of drug-likeness (QED) is 0.445. The number of hydrogen-bond acceptors (Lipinski definition) is 4. The minimum absolute atomic E-state index is 0.00829. The summed E-state index contributed by atoms with van der Waals surface area (Å²) >= 11 is 0. The van der Waals surface area contributed by atoms with Gasteiger partial charge >= 0.3 is 0 Å². The third kappa shape index (κ3) is 3.87. The molecule has 0 saturated heterocycles. The topological polar surface area (TPSA) is 138 Å². The molecule has 2 aromatic rings. The van der Waals surface area contributed by atoms with E-state index in [4.69, 9.17) is 11.1 Å². The van der Waals surface area contributed by atoms with Gasteiger partial charge in [0.1, 0.15) is 6.07 Å². The Labute approximate surface area is 133 Å². The van der Waals surface area contributed by atoms with Crippen molar-refractivity contribution in [3.8, 4) is 6.07 Å². The van der Waals surface area contributed by atoms with Crippen molar-refractivity contribution >= 4 is 22.2 Å². The molecule has 1 atom stereocenters. The molecule has 0 aliphatic heterocycles. The lowest BCUT2D eigenvalue weighted by Crippen LogP contribution is -1.99. The van der Waals surface area contributed by atoms with Crippen molar-refractivity contribution < 1.29 is 4.21 Å². The minimum atomic E-state index is -1.56. The average Bonchev–Trinajstić information content (AvgIpc) is 2.56. The van der Waals surface area contributed by atoms with Gasteiger partial charge in [0.2, 0.25) is 0 Å². The van der Waals surface area contributed by atoms with Gasteiger partial charge in [0.05, 0.1) is 32.7 Å². The second kappa shape index (κ2) is 7.64. The summed E-state index contributed by atoms with van der Waals surface area (Å²) in [6.45, 7) is 0. The Morgan fingerprint density at radius 1 is 1.13 bits per heavy atom. The molecule has 9 heteroatoms. The van der Waals surface area contributed by atoms with Gasteiger partial charge in [-0.25, -0.2) is 0 Å². The van der Waals surface area contributed by atoms with Crippen LogP contribution in [0.5, 0.6) is 0 Å². The molecule has 0 amide bonds. The molecule has 0 radical (unpaired) electrons. The highest BCUT2D eigenvalue weighted by Gasteiger charge is 2.15. The van der Waals surface area contributed by atoms with Crippen LogP contribution >= 0.6 is 0 Å². The summed E-state index contributed by atoms with van der Waals surface area (Å²) in [5, 5.41) is 16.1. The third-order valence-corrected chi connectivity index (χ3v) is 4.28. The fraction of sp³-hybridized carbons (Fsp3) is 0.0714. The Morgan fingerprint density at radius 2 is 1.83 bits per heavy atom. The molecular weight excluding hydrogens is 314 g/mol. The van der Waals surface area contributed by atoms with Gasteiger partial charge in [-0.2, -0.15) is 5.26 Å². The average molecular weight is 323 g/mol. The third-order valence-electron chi connectivity index (χ3n) is 2.88. The van der Waals surface area contributed by atoms with Crippen molar-refractivity contribution in [3.05, 3.63) is 74.5 Å². The van der Waals surface area contributed by atoms with Crippen LogP contribution in [0.2, 0.25) is 0 Å². The van der Waals surface area contributed by atoms with Crippen LogP contribution < -0.4 is 0 Å². The summed E-state index contributed by atoms with van der Waals surface area (Å²) in [4.78, 5) is 5.47. The van der Waals surface area contributed by atoms with Gasteiger partial charge < -0.3 is 0 Å². The Hall–Kier alpha value is -3.30. The molecule has 112 valence electrons. The lowest BCUT2D eigenvalue weighted by molar-refractivity contribution is 0.682. The van der Waals surface area contributed by atoms with Crippen LogP contribution in [0, 0.1) is 11.3 Å². The molecule has 23 heavy (non-hydrogen) atoms. The fourth-order valence-corrected chi connectivity index (χ4v) is 3.20. The van der Waals surface area contributed by atoms with Gasteiger partial charge in [-0.15, -0.1) is 0 Å². The molecule has 0 aliphatic rings. The Bertz CT molecular complexity index is 891. The van der Waals surface area contributed by atoms with Gasteiger partial charge in [0.25, 0.3) is 0 Å². The molecule has 0 heterocycles. The molecule has 0 saturated carbocycles. The van der Waals surface area contributed by atoms with Crippen LogP contribution in [-0.4, -0.2) is 4.21 Å². The number of nitrogens with zero attached hydrogens (tertiary/aromatic N) is 7. The molecule has 0 aliphatic carbocycles. The van der Waals surface area contributed by atoms with E-state index in [1.54, 1.807) is 0 Å². The Kier molecular flexibility index (Phi) is 5.34. The SMILES string of the molecule is N#Cc1c(N=[N+]=[N-])cc(N=[N+]=[N-])cc1[S@@](=O)Cc1ccccc1. The van der Waals surface area contributed by atoms with E-state index in [0.717, 1.165) is 5.56 Å². The maximum atomic E-state index is 12.6. The summed E-state index contributed by atoms with van der Waals surface area (Å²) < 4.78 is 12.6.